The molecule has 4 aliphatic rings. The molecule has 4 nitrogen and oxygen atoms in total. The van der Waals surface area contributed by atoms with Gasteiger partial charge in [-0.3, -0.25) is 9.69 Å². The number of aliphatic hydroxyl groups excluding tert-OH is 1. The second kappa shape index (κ2) is 5.00. The number of para-hydroxylation sites is 1. The van der Waals surface area contributed by atoms with Crippen molar-refractivity contribution < 1.29 is 14.6 Å². The molecule has 138 valence electrons. The molecule has 6 rings (SSSR count). The minimum Gasteiger partial charge on any atom is -0.390 e. The normalized spacial score (nSPS) is 41.0. The summed E-state index contributed by atoms with van der Waals surface area (Å²) in [6.45, 7) is 4.11. The van der Waals surface area contributed by atoms with E-state index in [9.17, 15) is 9.90 Å². The number of rotatable bonds is 2. The number of ether oxygens (including phenoxy) is 1. The predicted molar refractivity (Wildman–Crippen MR) is 101 cm³/mol. The number of benzene rings is 2. The van der Waals surface area contributed by atoms with E-state index in [1.165, 1.54) is 5.56 Å². The largest absolute Gasteiger partial charge is 0.390 e. The third-order valence-corrected chi connectivity index (χ3v) is 7.48. The van der Waals surface area contributed by atoms with Crippen molar-refractivity contribution in [2.75, 3.05) is 4.90 Å². The average Bonchev–Trinajstić information content (AvgIpc) is 3.33. The second-order valence-electron chi connectivity index (χ2n) is 8.71. The third-order valence-electron chi connectivity index (χ3n) is 7.48. The van der Waals surface area contributed by atoms with Crippen LogP contribution in [0.15, 0.2) is 48.5 Å². The molecule has 4 fully saturated rings. The highest BCUT2D eigenvalue weighted by Crippen LogP contribution is 2.70. The van der Waals surface area contributed by atoms with E-state index in [1.54, 1.807) is 0 Å². The van der Waals surface area contributed by atoms with Gasteiger partial charge in [-0.25, -0.2) is 0 Å². The lowest BCUT2D eigenvalue weighted by Gasteiger charge is -2.40. The van der Waals surface area contributed by atoms with Crippen molar-refractivity contribution in [2.24, 2.45) is 23.7 Å². The molecule has 2 heterocycles. The molecular formula is C23H23NO3. The first kappa shape index (κ1) is 15.8. The zero-order valence-corrected chi connectivity index (χ0v) is 15.5. The van der Waals surface area contributed by atoms with E-state index in [0.717, 1.165) is 23.2 Å². The lowest BCUT2D eigenvalue weighted by atomic mass is 9.75. The minimum absolute atomic E-state index is 0.0267. The van der Waals surface area contributed by atoms with Gasteiger partial charge in [0.25, 0.3) is 0 Å². The van der Waals surface area contributed by atoms with Gasteiger partial charge < -0.3 is 9.84 Å². The Kier molecular flexibility index (Phi) is 2.94. The molecule has 7 unspecified atom stereocenters. The average molecular weight is 361 g/mol. The van der Waals surface area contributed by atoms with Gasteiger partial charge in [0.15, 0.2) is 5.72 Å². The van der Waals surface area contributed by atoms with Crippen molar-refractivity contribution in [2.45, 2.75) is 38.2 Å². The van der Waals surface area contributed by atoms with Gasteiger partial charge >= 0.3 is 0 Å². The molecular weight excluding hydrogens is 338 g/mol. The summed E-state index contributed by atoms with van der Waals surface area (Å²) >= 11 is 0. The highest BCUT2D eigenvalue weighted by Gasteiger charge is 2.79. The standard InChI is InChI=1S/C23H23NO3/c1-12-7-9-14(10-8-12)23-19-16-11-15(20(25)21(16)27-23)18(19)22(26)24(23)17-6-4-3-5-13(17)2/h3-10,15-16,18-21,25H,11H2,1-2H3. The van der Waals surface area contributed by atoms with Crippen molar-refractivity contribution in [3.63, 3.8) is 0 Å². The lowest BCUT2D eigenvalue weighted by Crippen LogP contribution is -2.49. The zero-order valence-electron chi connectivity index (χ0n) is 15.5. The molecule has 2 bridgehead atoms. The second-order valence-corrected chi connectivity index (χ2v) is 8.71. The fourth-order valence-corrected chi connectivity index (χ4v) is 6.45. The van der Waals surface area contributed by atoms with Crippen LogP contribution in [0.1, 0.15) is 23.1 Å². The van der Waals surface area contributed by atoms with Crippen LogP contribution in [0.25, 0.3) is 0 Å². The van der Waals surface area contributed by atoms with Crippen LogP contribution in [-0.4, -0.2) is 23.2 Å². The smallest absolute Gasteiger partial charge is 0.233 e. The van der Waals surface area contributed by atoms with Gasteiger partial charge in [0.05, 0.1) is 18.1 Å². The Morgan fingerprint density at radius 1 is 1.07 bits per heavy atom. The number of amides is 1. The summed E-state index contributed by atoms with van der Waals surface area (Å²) in [7, 11) is 0. The number of aryl methyl sites for hydroxylation is 2. The number of carbonyl (C=O) groups is 1. The van der Waals surface area contributed by atoms with E-state index in [0.29, 0.717) is 0 Å². The Morgan fingerprint density at radius 3 is 2.56 bits per heavy atom. The van der Waals surface area contributed by atoms with Crippen molar-refractivity contribution in [3.05, 3.63) is 65.2 Å². The van der Waals surface area contributed by atoms with E-state index >= 15 is 0 Å². The molecule has 27 heavy (non-hydrogen) atoms. The molecule has 1 N–H and O–H groups in total. The van der Waals surface area contributed by atoms with Crippen molar-refractivity contribution >= 4 is 11.6 Å². The van der Waals surface area contributed by atoms with E-state index in [4.69, 9.17) is 4.74 Å². The van der Waals surface area contributed by atoms with Crippen LogP contribution in [0, 0.1) is 37.5 Å². The molecule has 2 aliphatic heterocycles. The van der Waals surface area contributed by atoms with E-state index in [2.05, 4.69) is 31.2 Å². The fraction of sp³-hybridized carbons (Fsp3) is 0.435. The summed E-state index contributed by atoms with van der Waals surface area (Å²) in [5.74, 6) is 0.364. The molecule has 2 aliphatic carbocycles. The molecule has 2 saturated heterocycles. The molecule has 7 atom stereocenters. The van der Waals surface area contributed by atoms with E-state index in [-0.39, 0.29) is 35.7 Å². The highest BCUT2D eigenvalue weighted by molar-refractivity contribution is 6.01. The summed E-state index contributed by atoms with van der Waals surface area (Å²) in [5, 5.41) is 10.8. The van der Waals surface area contributed by atoms with E-state index < -0.39 is 11.8 Å². The van der Waals surface area contributed by atoms with Gasteiger partial charge in [0, 0.05) is 17.2 Å². The van der Waals surface area contributed by atoms with Crippen LogP contribution in [-0.2, 0) is 15.3 Å². The Labute approximate surface area is 158 Å². The molecule has 0 aromatic heterocycles. The van der Waals surface area contributed by atoms with E-state index in [1.807, 2.05) is 36.1 Å². The summed E-state index contributed by atoms with van der Waals surface area (Å²) < 4.78 is 6.70. The SMILES string of the molecule is Cc1ccc(C23OC4C(O)C5CC4C2C5C(=O)N3c2ccccc2C)cc1. The highest BCUT2D eigenvalue weighted by atomic mass is 16.6. The molecule has 0 radical (unpaired) electrons. The first-order valence-electron chi connectivity index (χ1n) is 9.87. The number of fused-ring (bicyclic) bond motifs is 2. The first-order valence-corrected chi connectivity index (χ1v) is 9.87. The van der Waals surface area contributed by atoms with Crippen LogP contribution in [0.2, 0.25) is 0 Å². The third kappa shape index (κ3) is 1.70. The number of anilines is 1. The monoisotopic (exact) mass is 361 g/mol. The first-order chi connectivity index (χ1) is 13.0. The van der Waals surface area contributed by atoms with Crippen molar-refractivity contribution in [1.29, 1.82) is 0 Å². The number of hydrogen-bond acceptors (Lipinski definition) is 3. The summed E-state index contributed by atoms with van der Waals surface area (Å²) in [6.07, 6.45) is 0.214. The Morgan fingerprint density at radius 2 is 1.81 bits per heavy atom. The number of carbonyl (C=O) groups excluding carboxylic acids is 1. The Balaban J connectivity index is 1.62. The fourth-order valence-electron chi connectivity index (χ4n) is 6.45. The van der Waals surface area contributed by atoms with Gasteiger partial charge in [0.2, 0.25) is 5.91 Å². The van der Waals surface area contributed by atoms with Crippen LogP contribution < -0.4 is 4.90 Å². The maximum atomic E-state index is 13.7. The molecule has 1 amide bonds. The summed E-state index contributed by atoms with van der Waals surface area (Å²) in [6, 6.07) is 16.4. The summed E-state index contributed by atoms with van der Waals surface area (Å²) in [4.78, 5) is 15.6. The van der Waals surface area contributed by atoms with Crippen LogP contribution in [0.5, 0.6) is 0 Å². The van der Waals surface area contributed by atoms with Gasteiger partial charge in [-0.05, 0) is 43.7 Å². The van der Waals surface area contributed by atoms with Crippen LogP contribution in [0.4, 0.5) is 5.69 Å². The number of aliphatic hydroxyl groups is 1. The summed E-state index contributed by atoms with van der Waals surface area (Å²) in [5.41, 5.74) is 3.40. The number of nitrogens with zero attached hydrogens (tertiary/aromatic N) is 1. The van der Waals surface area contributed by atoms with Crippen LogP contribution >= 0.6 is 0 Å². The molecule has 4 heteroatoms. The van der Waals surface area contributed by atoms with Gasteiger partial charge in [-0.2, -0.15) is 0 Å². The van der Waals surface area contributed by atoms with Gasteiger partial charge in [-0.15, -0.1) is 0 Å². The number of hydrogen-bond donors (Lipinski definition) is 1. The van der Waals surface area contributed by atoms with Crippen molar-refractivity contribution in [1.82, 2.24) is 0 Å². The Hall–Kier alpha value is -2.17. The Bertz CT molecular complexity index is 954. The minimum atomic E-state index is -0.802. The van der Waals surface area contributed by atoms with Gasteiger partial charge in [-0.1, -0.05) is 48.0 Å². The molecule has 2 aromatic rings. The molecule has 0 spiro atoms. The zero-order chi connectivity index (χ0) is 18.5. The molecule has 2 saturated carbocycles. The predicted octanol–water partition coefficient (Wildman–Crippen LogP) is 3.14. The lowest BCUT2D eigenvalue weighted by molar-refractivity contribution is -0.133. The topological polar surface area (TPSA) is 49.8 Å². The van der Waals surface area contributed by atoms with Crippen molar-refractivity contribution in [3.8, 4) is 0 Å². The molecule has 2 aromatic carbocycles. The quantitative estimate of drug-likeness (QED) is 0.894. The van der Waals surface area contributed by atoms with Gasteiger partial charge in [0.1, 0.15) is 0 Å². The van der Waals surface area contributed by atoms with Crippen LogP contribution in [0.3, 0.4) is 0 Å². The maximum absolute atomic E-state index is 13.7. The maximum Gasteiger partial charge on any atom is 0.233 e.